The van der Waals surface area contributed by atoms with Crippen LogP contribution in [0.3, 0.4) is 0 Å². The molecule has 0 saturated carbocycles. The first kappa shape index (κ1) is 16.6. The fraction of sp³-hybridized carbons (Fsp3) is 0.800. The minimum absolute atomic E-state index is 0.275. The van der Waals surface area contributed by atoms with Crippen molar-refractivity contribution in [2.75, 3.05) is 13.2 Å². The largest absolute Gasteiger partial charge is 0.463 e. The Morgan fingerprint density at radius 2 is 2.00 bits per heavy atom. The Morgan fingerprint density at radius 1 is 1.36 bits per heavy atom. The number of hydrogen-bond acceptors (Lipinski definition) is 5. The topological polar surface area (TPSA) is 84.9 Å². The van der Waals surface area contributed by atoms with Gasteiger partial charge in [-0.3, -0.25) is 9.69 Å². The number of hydrogen-bond donors (Lipinski definition) is 1. The summed E-state index contributed by atoms with van der Waals surface area (Å²) >= 11 is 0. The number of likely N-dealkylation sites (tertiary alicyclic amines) is 1. The van der Waals surface area contributed by atoms with Crippen LogP contribution in [-0.4, -0.2) is 53.7 Å². The Hall–Kier alpha value is -1.79. The summed E-state index contributed by atoms with van der Waals surface area (Å²) in [7, 11) is 0. The van der Waals surface area contributed by atoms with Crippen molar-refractivity contribution >= 4 is 18.0 Å². The van der Waals surface area contributed by atoms with Gasteiger partial charge in [-0.15, -0.1) is 0 Å². The van der Waals surface area contributed by atoms with Gasteiger partial charge in [0, 0.05) is 12.0 Å². The van der Waals surface area contributed by atoms with Crippen molar-refractivity contribution in [3.05, 3.63) is 0 Å². The Bertz CT molecular complexity index is 495. The van der Waals surface area contributed by atoms with E-state index in [0.717, 1.165) is 0 Å². The Balaban J connectivity index is 1.96. The van der Waals surface area contributed by atoms with Crippen LogP contribution >= 0.6 is 0 Å². The molecule has 7 nitrogen and oxygen atoms in total. The molecule has 2 aliphatic heterocycles. The lowest BCUT2D eigenvalue weighted by atomic mass is 9.87. The number of nitrogens with zero attached hydrogens (tertiary/aromatic N) is 1. The minimum atomic E-state index is -0.680. The van der Waals surface area contributed by atoms with Gasteiger partial charge >= 0.3 is 12.1 Å². The van der Waals surface area contributed by atoms with Crippen LogP contribution in [-0.2, 0) is 19.1 Å². The molecule has 1 unspecified atom stereocenters. The minimum Gasteiger partial charge on any atom is -0.463 e. The third-order valence-corrected chi connectivity index (χ3v) is 3.84. The molecule has 2 atom stereocenters. The van der Waals surface area contributed by atoms with Crippen molar-refractivity contribution in [3.63, 3.8) is 0 Å². The zero-order chi connectivity index (χ0) is 16.7. The fourth-order valence-corrected chi connectivity index (χ4v) is 2.43. The summed E-state index contributed by atoms with van der Waals surface area (Å²) in [6, 6.07) is -1.26. The van der Waals surface area contributed by atoms with Gasteiger partial charge in [0.15, 0.2) is 0 Å². The second kappa shape index (κ2) is 5.44. The quantitative estimate of drug-likeness (QED) is 0.771. The molecule has 0 bridgehead atoms. The van der Waals surface area contributed by atoms with Crippen LogP contribution in [0.4, 0.5) is 4.79 Å². The van der Waals surface area contributed by atoms with Crippen molar-refractivity contribution in [2.24, 2.45) is 5.41 Å². The number of ether oxygens (including phenoxy) is 2. The lowest BCUT2D eigenvalue weighted by Gasteiger charge is -2.40. The van der Waals surface area contributed by atoms with Crippen LogP contribution in [0.2, 0.25) is 0 Å². The van der Waals surface area contributed by atoms with E-state index in [1.165, 1.54) is 4.90 Å². The molecule has 22 heavy (non-hydrogen) atoms. The number of esters is 1. The van der Waals surface area contributed by atoms with E-state index in [2.05, 4.69) is 5.32 Å². The number of rotatable bonds is 2. The smallest absolute Gasteiger partial charge is 0.410 e. The van der Waals surface area contributed by atoms with Crippen LogP contribution < -0.4 is 5.32 Å². The van der Waals surface area contributed by atoms with E-state index < -0.39 is 35.2 Å². The van der Waals surface area contributed by atoms with Crippen LogP contribution in [0.1, 0.15) is 41.0 Å². The van der Waals surface area contributed by atoms with Crippen LogP contribution in [0.25, 0.3) is 0 Å². The van der Waals surface area contributed by atoms with Crippen molar-refractivity contribution in [1.29, 1.82) is 0 Å². The first-order chi connectivity index (χ1) is 10.0. The van der Waals surface area contributed by atoms with Crippen LogP contribution in [0, 0.1) is 5.41 Å². The first-order valence-electron chi connectivity index (χ1n) is 7.48. The average Bonchev–Trinajstić information content (AvgIpc) is 2.52. The molecule has 0 aromatic rings. The van der Waals surface area contributed by atoms with E-state index >= 15 is 0 Å². The highest BCUT2D eigenvalue weighted by Crippen LogP contribution is 2.29. The molecule has 124 valence electrons. The van der Waals surface area contributed by atoms with Gasteiger partial charge in [0.2, 0.25) is 5.91 Å². The van der Waals surface area contributed by atoms with Gasteiger partial charge in [-0.2, -0.15) is 0 Å². The molecule has 2 amide bonds. The van der Waals surface area contributed by atoms with E-state index in [4.69, 9.17) is 9.47 Å². The molecule has 7 heteroatoms. The SMILES string of the molecule is CC(C)(C)OC(=O)N1CC[C@@H]1C(=O)NC1C(=O)OCC1(C)C. The zero-order valence-electron chi connectivity index (χ0n) is 13.8. The maximum atomic E-state index is 12.3. The number of cyclic esters (lactones) is 1. The third kappa shape index (κ3) is 3.34. The van der Waals surface area contributed by atoms with E-state index in [1.54, 1.807) is 20.8 Å². The monoisotopic (exact) mass is 312 g/mol. The van der Waals surface area contributed by atoms with Gasteiger partial charge in [-0.05, 0) is 27.2 Å². The van der Waals surface area contributed by atoms with E-state index in [0.29, 0.717) is 13.0 Å². The summed E-state index contributed by atoms with van der Waals surface area (Å²) in [5, 5.41) is 2.71. The second-order valence-electron chi connectivity index (χ2n) is 7.52. The normalized spacial score (nSPS) is 27.0. The highest BCUT2D eigenvalue weighted by atomic mass is 16.6. The average molecular weight is 312 g/mol. The molecular weight excluding hydrogens is 288 g/mol. The summed E-state index contributed by atoms with van der Waals surface area (Å²) in [5.74, 6) is -0.768. The molecule has 0 spiro atoms. The highest BCUT2D eigenvalue weighted by molar-refractivity contribution is 5.91. The number of amides is 2. The molecule has 2 fully saturated rings. The van der Waals surface area contributed by atoms with Gasteiger partial charge in [-0.25, -0.2) is 9.59 Å². The lowest BCUT2D eigenvalue weighted by molar-refractivity contribution is -0.143. The number of carbonyl (C=O) groups excluding carboxylic acids is 3. The summed E-state index contributed by atoms with van der Waals surface area (Å²) in [6.07, 6.45) is 0.0555. The molecule has 2 heterocycles. The van der Waals surface area contributed by atoms with Crippen molar-refractivity contribution in [2.45, 2.75) is 58.7 Å². The second-order valence-corrected chi connectivity index (χ2v) is 7.52. The predicted octanol–water partition coefficient (Wildman–Crippen LogP) is 1.06. The molecule has 0 radical (unpaired) electrons. The maximum absolute atomic E-state index is 12.3. The fourth-order valence-electron chi connectivity index (χ4n) is 2.43. The van der Waals surface area contributed by atoms with Crippen LogP contribution in [0.15, 0.2) is 0 Å². The number of nitrogens with one attached hydrogen (secondary N) is 1. The van der Waals surface area contributed by atoms with E-state index in [1.807, 2.05) is 13.8 Å². The van der Waals surface area contributed by atoms with E-state index in [9.17, 15) is 14.4 Å². The molecule has 2 saturated heterocycles. The van der Waals surface area contributed by atoms with Gasteiger partial charge in [-0.1, -0.05) is 13.8 Å². The molecule has 1 N–H and O–H groups in total. The zero-order valence-corrected chi connectivity index (χ0v) is 13.8. The summed E-state index contributed by atoms with van der Waals surface area (Å²) in [5.41, 5.74) is -1.06. The number of carbonyl (C=O) groups is 3. The Kier molecular flexibility index (Phi) is 4.10. The highest BCUT2D eigenvalue weighted by Gasteiger charge is 2.47. The van der Waals surface area contributed by atoms with Gasteiger partial charge in [0.1, 0.15) is 17.7 Å². The van der Waals surface area contributed by atoms with E-state index in [-0.39, 0.29) is 12.5 Å². The third-order valence-electron chi connectivity index (χ3n) is 3.84. The molecule has 2 aliphatic rings. The molecule has 0 aliphatic carbocycles. The lowest BCUT2D eigenvalue weighted by Crippen LogP contribution is -2.61. The summed E-state index contributed by atoms with van der Waals surface area (Å²) in [4.78, 5) is 37.4. The van der Waals surface area contributed by atoms with Gasteiger partial charge in [0.25, 0.3) is 0 Å². The van der Waals surface area contributed by atoms with Gasteiger partial charge in [0.05, 0.1) is 6.61 Å². The summed E-state index contributed by atoms with van der Waals surface area (Å²) < 4.78 is 10.3. The molecule has 0 aromatic heterocycles. The predicted molar refractivity (Wildman–Crippen MR) is 78.0 cm³/mol. The standard InChI is InChI=1S/C15H24N2O5/c1-14(2,3)22-13(20)17-7-6-9(17)11(18)16-10-12(19)21-8-15(10,4)5/h9-10H,6-8H2,1-5H3,(H,16,18)/t9-,10?/m1/s1. The molecule has 2 rings (SSSR count). The van der Waals surface area contributed by atoms with Crippen molar-refractivity contribution < 1.29 is 23.9 Å². The summed E-state index contributed by atoms with van der Waals surface area (Å²) in [6.45, 7) is 9.79. The Labute approximate surface area is 130 Å². The van der Waals surface area contributed by atoms with Crippen LogP contribution in [0.5, 0.6) is 0 Å². The van der Waals surface area contributed by atoms with Crippen molar-refractivity contribution in [3.8, 4) is 0 Å². The maximum Gasteiger partial charge on any atom is 0.410 e. The van der Waals surface area contributed by atoms with Crippen molar-refractivity contribution in [1.82, 2.24) is 10.2 Å². The Morgan fingerprint density at radius 3 is 2.41 bits per heavy atom. The molecule has 0 aromatic carbocycles. The first-order valence-corrected chi connectivity index (χ1v) is 7.48. The molecular formula is C15H24N2O5. The van der Waals surface area contributed by atoms with Gasteiger partial charge < -0.3 is 14.8 Å².